The molecule has 1 amide bonds. The third-order valence-electron chi connectivity index (χ3n) is 4.15. The number of hydrogen-bond donors (Lipinski definition) is 0. The fraction of sp³-hybridized carbons (Fsp3) is 0.278. The number of halogens is 3. The molecule has 2 aromatic carbocycles. The molecule has 28 heavy (non-hydrogen) atoms. The van der Waals surface area contributed by atoms with Gasteiger partial charge in [-0.15, -0.1) is 11.8 Å². The number of alkyl halides is 3. The molecular weight excluding hydrogens is 397 g/mol. The van der Waals surface area contributed by atoms with Crippen molar-refractivity contribution in [2.24, 2.45) is 0 Å². The molecule has 1 fully saturated rings. The second-order valence-electron chi connectivity index (χ2n) is 5.96. The average molecular weight is 412 g/mol. The molecule has 0 N–H and O–H groups in total. The van der Waals surface area contributed by atoms with Crippen LogP contribution >= 0.6 is 11.8 Å². The number of benzene rings is 2. The van der Waals surface area contributed by atoms with Crippen molar-refractivity contribution in [1.82, 2.24) is 4.90 Å². The van der Waals surface area contributed by atoms with E-state index in [1.807, 2.05) is 0 Å². The normalized spacial score (nSPS) is 16.8. The topological polar surface area (TPSA) is 72.7 Å². The van der Waals surface area contributed by atoms with Crippen LogP contribution in [0.15, 0.2) is 48.5 Å². The van der Waals surface area contributed by atoms with Crippen LogP contribution in [-0.2, 0) is 6.18 Å². The lowest BCUT2D eigenvalue weighted by Crippen LogP contribution is -2.38. The number of hydrogen-bond acceptors (Lipinski definition) is 5. The Hall–Kier alpha value is -2.75. The van der Waals surface area contributed by atoms with Gasteiger partial charge in [-0.1, -0.05) is 0 Å². The lowest BCUT2D eigenvalue weighted by molar-refractivity contribution is -0.384. The summed E-state index contributed by atoms with van der Waals surface area (Å²) in [6.07, 6.45) is -4.45. The lowest BCUT2D eigenvalue weighted by atomic mass is 10.1. The van der Waals surface area contributed by atoms with Gasteiger partial charge in [0.25, 0.3) is 11.6 Å². The van der Waals surface area contributed by atoms with Gasteiger partial charge < -0.3 is 9.64 Å². The summed E-state index contributed by atoms with van der Waals surface area (Å²) < 4.78 is 43.6. The van der Waals surface area contributed by atoms with Crippen molar-refractivity contribution in [3.05, 3.63) is 69.8 Å². The fourth-order valence-corrected chi connectivity index (χ4v) is 3.81. The zero-order chi connectivity index (χ0) is 20.3. The van der Waals surface area contributed by atoms with Crippen molar-refractivity contribution in [2.75, 3.05) is 18.9 Å². The first-order chi connectivity index (χ1) is 13.3. The van der Waals surface area contributed by atoms with E-state index in [-0.39, 0.29) is 29.1 Å². The molecule has 148 valence electrons. The van der Waals surface area contributed by atoms with Crippen LogP contribution in [0, 0.1) is 10.1 Å². The highest BCUT2D eigenvalue weighted by atomic mass is 32.2. The molecule has 1 aliphatic heterocycles. The van der Waals surface area contributed by atoms with Gasteiger partial charge in [0.05, 0.1) is 10.5 Å². The van der Waals surface area contributed by atoms with Gasteiger partial charge in [-0.3, -0.25) is 14.9 Å². The van der Waals surface area contributed by atoms with Crippen molar-refractivity contribution in [3.8, 4) is 5.75 Å². The summed E-state index contributed by atoms with van der Waals surface area (Å²) in [6, 6.07) is 9.70. The number of amides is 1. The molecule has 0 bridgehead atoms. The second-order valence-corrected chi connectivity index (χ2v) is 7.25. The highest BCUT2D eigenvalue weighted by Crippen LogP contribution is 2.30. The van der Waals surface area contributed by atoms with E-state index in [2.05, 4.69) is 0 Å². The third-order valence-corrected chi connectivity index (χ3v) is 5.34. The summed E-state index contributed by atoms with van der Waals surface area (Å²) in [5.41, 5.74) is -0.685. The Kier molecular flexibility index (Phi) is 5.78. The Balaban J connectivity index is 1.63. The van der Waals surface area contributed by atoms with Crippen LogP contribution in [0.25, 0.3) is 0 Å². The largest absolute Gasteiger partial charge is 0.491 e. The molecule has 10 heteroatoms. The number of nitrogens with zero attached hydrogens (tertiary/aromatic N) is 2. The Morgan fingerprint density at radius 1 is 1.18 bits per heavy atom. The maximum absolute atomic E-state index is 12.7. The van der Waals surface area contributed by atoms with E-state index in [0.29, 0.717) is 18.0 Å². The number of nitro groups is 1. The van der Waals surface area contributed by atoms with E-state index >= 15 is 0 Å². The highest BCUT2D eigenvalue weighted by molar-refractivity contribution is 8.00. The molecule has 1 atom stereocenters. The molecule has 2 aromatic rings. The molecule has 1 heterocycles. The number of thioether (sulfide) groups is 1. The van der Waals surface area contributed by atoms with Gasteiger partial charge in [0, 0.05) is 30.0 Å². The van der Waals surface area contributed by atoms with E-state index in [9.17, 15) is 28.1 Å². The van der Waals surface area contributed by atoms with Gasteiger partial charge in [0.2, 0.25) is 0 Å². The van der Waals surface area contributed by atoms with Crippen molar-refractivity contribution >= 4 is 23.4 Å². The fourth-order valence-electron chi connectivity index (χ4n) is 2.69. The molecule has 0 aromatic heterocycles. The summed E-state index contributed by atoms with van der Waals surface area (Å²) in [7, 11) is 0. The molecule has 0 radical (unpaired) electrons. The predicted octanol–water partition coefficient (Wildman–Crippen LogP) is 4.21. The van der Waals surface area contributed by atoms with Crippen molar-refractivity contribution in [2.45, 2.75) is 11.6 Å². The highest BCUT2D eigenvalue weighted by Gasteiger charge is 2.33. The number of carbonyl (C=O) groups excluding carboxylic acids is 1. The van der Waals surface area contributed by atoms with E-state index in [1.165, 1.54) is 48.2 Å². The first-order valence-corrected chi connectivity index (χ1v) is 9.27. The molecule has 0 spiro atoms. The summed E-state index contributed by atoms with van der Waals surface area (Å²) in [6.45, 7) is 0.619. The zero-order valence-electron chi connectivity index (χ0n) is 14.4. The van der Waals surface area contributed by atoms with Gasteiger partial charge in [-0.05, 0) is 36.4 Å². The van der Waals surface area contributed by atoms with Crippen LogP contribution < -0.4 is 4.74 Å². The SMILES string of the molecule is O=C(c1ccc(C(F)(F)F)cc1)N1CCSC1COc1ccc([N+](=O)[O-])cc1. The van der Waals surface area contributed by atoms with Crippen LogP contribution in [0.3, 0.4) is 0 Å². The molecule has 0 saturated carbocycles. The zero-order valence-corrected chi connectivity index (χ0v) is 15.2. The number of rotatable bonds is 5. The van der Waals surface area contributed by atoms with Crippen LogP contribution in [0.2, 0.25) is 0 Å². The van der Waals surface area contributed by atoms with E-state index in [0.717, 1.165) is 12.1 Å². The Morgan fingerprint density at radius 2 is 1.82 bits per heavy atom. The van der Waals surface area contributed by atoms with Crippen LogP contribution in [0.1, 0.15) is 15.9 Å². The molecule has 3 rings (SSSR count). The lowest BCUT2D eigenvalue weighted by Gasteiger charge is -2.24. The maximum atomic E-state index is 12.7. The summed E-state index contributed by atoms with van der Waals surface area (Å²) >= 11 is 1.50. The van der Waals surface area contributed by atoms with Gasteiger partial charge in [0.1, 0.15) is 17.7 Å². The number of nitro benzene ring substituents is 1. The molecular formula is C18H15F3N2O4S. The van der Waals surface area contributed by atoms with Gasteiger partial charge in [-0.2, -0.15) is 13.2 Å². The Morgan fingerprint density at radius 3 is 2.39 bits per heavy atom. The van der Waals surface area contributed by atoms with Crippen LogP contribution in [-0.4, -0.2) is 40.0 Å². The van der Waals surface area contributed by atoms with E-state index < -0.39 is 16.7 Å². The molecule has 6 nitrogen and oxygen atoms in total. The maximum Gasteiger partial charge on any atom is 0.416 e. The number of non-ortho nitro benzene ring substituents is 1. The van der Waals surface area contributed by atoms with Gasteiger partial charge in [-0.25, -0.2) is 0 Å². The van der Waals surface area contributed by atoms with E-state index in [4.69, 9.17) is 4.74 Å². The van der Waals surface area contributed by atoms with Gasteiger partial charge in [0.15, 0.2) is 0 Å². The first kappa shape index (κ1) is 20.0. The smallest absolute Gasteiger partial charge is 0.416 e. The van der Waals surface area contributed by atoms with E-state index in [1.54, 1.807) is 4.90 Å². The summed E-state index contributed by atoms with van der Waals surface area (Å²) in [5.74, 6) is 0.747. The molecule has 1 aliphatic rings. The average Bonchev–Trinajstić information content (AvgIpc) is 3.14. The van der Waals surface area contributed by atoms with Gasteiger partial charge >= 0.3 is 6.18 Å². The summed E-state index contributed by atoms with van der Waals surface area (Å²) in [5, 5.41) is 10.4. The predicted molar refractivity (Wildman–Crippen MR) is 97.3 cm³/mol. The van der Waals surface area contributed by atoms with Crippen LogP contribution in [0.5, 0.6) is 5.75 Å². The molecule has 0 aliphatic carbocycles. The first-order valence-electron chi connectivity index (χ1n) is 8.23. The van der Waals surface area contributed by atoms with Crippen LogP contribution in [0.4, 0.5) is 18.9 Å². The van der Waals surface area contributed by atoms with Crippen molar-refractivity contribution < 1.29 is 27.6 Å². The number of ether oxygens (including phenoxy) is 1. The van der Waals surface area contributed by atoms with Crippen molar-refractivity contribution in [3.63, 3.8) is 0 Å². The summed E-state index contributed by atoms with van der Waals surface area (Å²) in [4.78, 5) is 24.4. The minimum absolute atomic E-state index is 0.0540. The Bertz CT molecular complexity index is 857. The van der Waals surface area contributed by atoms with Crippen molar-refractivity contribution in [1.29, 1.82) is 0 Å². The monoisotopic (exact) mass is 412 g/mol. The Labute approximate surface area is 162 Å². The molecule has 1 saturated heterocycles. The molecule has 1 unspecified atom stereocenters. The third kappa shape index (κ3) is 4.56. The second kappa shape index (κ2) is 8.09. The quantitative estimate of drug-likeness (QED) is 0.544. The minimum Gasteiger partial charge on any atom is -0.491 e. The number of carbonyl (C=O) groups is 1. The standard InChI is InChI=1S/C18H15F3N2O4S/c19-18(20,21)13-3-1-12(2-4-13)17(24)22-9-10-28-16(22)11-27-15-7-5-14(6-8-15)23(25)26/h1-8,16H,9-11H2. The minimum atomic E-state index is -4.45.